The van der Waals surface area contributed by atoms with E-state index in [1.807, 2.05) is 13.8 Å². The fraction of sp³-hybridized carbons (Fsp3) is 0.533. The summed E-state index contributed by atoms with van der Waals surface area (Å²) in [6.45, 7) is 5.56. The lowest BCUT2D eigenvalue weighted by atomic mass is 10.2. The maximum Gasteiger partial charge on any atom is 0.331 e. The number of rotatable bonds is 7. The third-order valence-electron chi connectivity index (χ3n) is 3.14. The fourth-order valence-electron chi connectivity index (χ4n) is 2.21. The minimum atomic E-state index is -0.298. The first-order chi connectivity index (χ1) is 10.5. The smallest absolute Gasteiger partial charge is 0.331 e. The van der Waals surface area contributed by atoms with Gasteiger partial charge in [-0.25, -0.2) is 14.7 Å². The molecule has 7 heteroatoms. The normalized spacial score (nSPS) is 15.1. The lowest BCUT2D eigenvalue weighted by Crippen LogP contribution is -2.34. The van der Waals surface area contributed by atoms with E-state index in [2.05, 4.69) is 4.98 Å². The van der Waals surface area contributed by atoms with Crippen LogP contribution in [0.15, 0.2) is 18.3 Å². The summed E-state index contributed by atoms with van der Waals surface area (Å²) in [6, 6.07) is 2.99. The predicted octanol–water partition coefficient (Wildman–Crippen LogP) is 1.53. The first-order valence-electron chi connectivity index (χ1n) is 7.22. The molecule has 0 aliphatic carbocycles. The molecule has 0 saturated carbocycles. The molecule has 1 aromatic heterocycles. The van der Waals surface area contributed by atoms with E-state index in [0.717, 1.165) is 4.90 Å². The number of amides is 3. The number of nitrogens with zero attached hydrogens (tertiary/aromatic N) is 3. The zero-order valence-electron chi connectivity index (χ0n) is 13.1. The average Bonchev–Trinajstić information content (AvgIpc) is 2.74. The summed E-state index contributed by atoms with van der Waals surface area (Å²) in [5.74, 6) is 0.505. The molecule has 1 aliphatic heterocycles. The largest absolute Gasteiger partial charge is 0.475 e. The summed E-state index contributed by atoms with van der Waals surface area (Å²) >= 11 is 0. The van der Waals surface area contributed by atoms with Crippen molar-refractivity contribution in [1.82, 2.24) is 9.88 Å². The van der Waals surface area contributed by atoms with Gasteiger partial charge in [0.1, 0.15) is 13.2 Å². The molecular weight excluding hydrogens is 286 g/mol. The van der Waals surface area contributed by atoms with Crippen molar-refractivity contribution in [2.45, 2.75) is 13.8 Å². The van der Waals surface area contributed by atoms with Gasteiger partial charge >= 0.3 is 6.03 Å². The summed E-state index contributed by atoms with van der Waals surface area (Å²) in [4.78, 5) is 31.2. The Bertz CT molecular complexity index is 530. The van der Waals surface area contributed by atoms with E-state index in [1.165, 1.54) is 6.20 Å². The average molecular weight is 307 g/mol. The van der Waals surface area contributed by atoms with Crippen molar-refractivity contribution in [2.75, 3.05) is 38.3 Å². The van der Waals surface area contributed by atoms with Crippen LogP contribution in [0.5, 0.6) is 5.88 Å². The third kappa shape index (κ3) is 3.73. The Hall–Kier alpha value is -2.15. The Morgan fingerprint density at radius 3 is 2.64 bits per heavy atom. The summed E-state index contributed by atoms with van der Waals surface area (Å²) in [5, 5.41) is 0. The van der Waals surface area contributed by atoms with E-state index in [9.17, 15) is 9.59 Å². The number of carbonyl (C=O) groups excluding carboxylic acids is 2. The number of aromatic nitrogens is 1. The Balaban J connectivity index is 2.04. The van der Waals surface area contributed by atoms with Gasteiger partial charge in [-0.15, -0.1) is 0 Å². The number of hydrogen-bond donors (Lipinski definition) is 0. The molecule has 0 N–H and O–H groups in total. The van der Waals surface area contributed by atoms with Gasteiger partial charge in [0.25, 0.3) is 5.91 Å². The summed E-state index contributed by atoms with van der Waals surface area (Å²) in [7, 11) is 1.59. The topological polar surface area (TPSA) is 72.0 Å². The lowest BCUT2D eigenvalue weighted by Gasteiger charge is -2.18. The van der Waals surface area contributed by atoms with E-state index in [1.54, 1.807) is 24.1 Å². The molecule has 3 amide bonds. The molecule has 0 atom stereocenters. The molecule has 2 heterocycles. The van der Waals surface area contributed by atoms with E-state index in [4.69, 9.17) is 9.47 Å². The number of urea groups is 1. The summed E-state index contributed by atoms with van der Waals surface area (Å²) in [5.41, 5.74) is 0.459. The van der Waals surface area contributed by atoms with Gasteiger partial charge in [0, 0.05) is 19.7 Å². The SMILES string of the molecule is COCCOc1ccc(N2C(=O)CN(CC(C)C)C2=O)cn1. The Labute approximate surface area is 129 Å². The van der Waals surface area contributed by atoms with Crippen LogP contribution in [0.3, 0.4) is 0 Å². The highest BCUT2D eigenvalue weighted by Gasteiger charge is 2.37. The van der Waals surface area contributed by atoms with Crippen molar-refractivity contribution < 1.29 is 19.1 Å². The zero-order valence-corrected chi connectivity index (χ0v) is 13.1. The minimum absolute atomic E-state index is 0.114. The monoisotopic (exact) mass is 307 g/mol. The Morgan fingerprint density at radius 2 is 2.05 bits per heavy atom. The van der Waals surface area contributed by atoms with Gasteiger partial charge < -0.3 is 14.4 Å². The molecule has 0 radical (unpaired) electrons. The second-order valence-electron chi connectivity index (χ2n) is 5.48. The highest BCUT2D eigenvalue weighted by Crippen LogP contribution is 2.22. The molecule has 0 bridgehead atoms. The number of pyridine rings is 1. The number of ether oxygens (including phenoxy) is 2. The minimum Gasteiger partial charge on any atom is -0.475 e. The fourth-order valence-corrected chi connectivity index (χ4v) is 2.21. The van der Waals surface area contributed by atoms with Crippen molar-refractivity contribution in [1.29, 1.82) is 0 Å². The van der Waals surface area contributed by atoms with Crippen molar-refractivity contribution >= 4 is 17.6 Å². The van der Waals surface area contributed by atoms with E-state index in [0.29, 0.717) is 37.2 Å². The van der Waals surface area contributed by atoms with Gasteiger partial charge in [-0.2, -0.15) is 0 Å². The number of imide groups is 1. The van der Waals surface area contributed by atoms with E-state index in [-0.39, 0.29) is 18.5 Å². The molecule has 0 spiro atoms. The molecule has 0 aromatic carbocycles. The van der Waals surface area contributed by atoms with Crippen LogP contribution in [0.1, 0.15) is 13.8 Å². The molecule has 2 rings (SSSR count). The molecule has 1 aliphatic rings. The second kappa shape index (κ2) is 7.22. The number of carbonyl (C=O) groups is 2. The highest BCUT2D eigenvalue weighted by atomic mass is 16.5. The van der Waals surface area contributed by atoms with Crippen LogP contribution < -0.4 is 9.64 Å². The molecule has 7 nitrogen and oxygen atoms in total. The Kier molecular flexibility index (Phi) is 5.32. The molecule has 1 aromatic rings. The van der Waals surface area contributed by atoms with Crippen LogP contribution >= 0.6 is 0 Å². The van der Waals surface area contributed by atoms with Crippen LogP contribution in [0.25, 0.3) is 0 Å². The quantitative estimate of drug-likeness (QED) is 0.564. The maximum atomic E-state index is 12.3. The van der Waals surface area contributed by atoms with Crippen molar-refractivity contribution in [3.05, 3.63) is 18.3 Å². The summed E-state index contributed by atoms with van der Waals surface area (Å²) in [6.07, 6.45) is 1.47. The Morgan fingerprint density at radius 1 is 1.27 bits per heavy atom. The van der Waals surface area contributed by atoms with Crippen molar-refractivity contribution in [3.8, 4) is 5.88 Å². The second-order valence-corrected chi connectivity index (χ2v) is 5.48. The third-order valence-corrected chi connectivity index (χ3v) is 3.14. The number of methoxy groups -OCH3 is 1. The molecule has 1 saturated heterocycles. The van der Waals surface area contributed by atoms with Gasteiger partial charge in [0.05, 0.1) is 18.5 Å². The number of anilines is 1. The molecule has 22 heavy (non-hydrogen) atoms. The maximum absolute atomic E-state index is 12.3. The molecule has 0 unspecified atom stereocenters. The lowest BCUT2D eigenvalue weighted by molar-refractivity contribution is -0.116. The zero-order chi connectivity index (χ0) is 16.1. The van der Waals surface area contributed by atoms with Crippen LogP contribution in [-0.4, -0.2) is 55.2 Å². The first kappa shape index (κ1) is 16.2. The first-order valence-corrected chi connectivity index (χ1v) is 7.22. The van der Waals surface area contributed by atoms with Gasteiger partial charge in [-0.05, 0) is 12.0 Å². The van der Waals surface area contributed by atoms with Crippen LogP contribution in [0.4, 0.5) is 10.5 Å². The van der Waals surface area contributed by atoms with E-state index < -0.39 is 0 Å². The molecule has 1 fully saturated rings. The van der Waals surface area contributed by atoms with Gasteiger partial charge in [-0.3, -0.25) is 4.79 Å². The predicted molar refractivity (Wildman–Crippen MR) is 80.9 cm³/mol. The van der Waals surface area contributed by atoms with Crippen LogP contribution in [-0.2, 0) is 9.53 Å². The van der Waals surface area contributed by atoms with Gasteiger partial charge in [0.2, 0.25) is 5.88 Å². The van der Waals surface area contributed by atoms with E-state index >= 15 is 0 Å². The van der Waals surface area contributed by atoms with Crippen LogP contribution in [0, 0.1) is 5.92 Å². The standard InChI is InChI=1S/C15H21N3O4/c1-11(2)9-17-10-14(19)18(15(17)20)12-4-5-13(16-8-12)22-7-6-21-3/h4-5,8,11H,6-7,9-10H2,1-3H3. The van der Waals surface area contributed by atoms with Gasteiger partial charge in [0.15, 0.2) is 0 Å². The highest BCUT2D eigenvalue weighted by molar-refractivity contribution is 6.19. The summed E-state index contributed by atoms with van der Waals surface area (Å²) < 4.78 is 10.2. The van der Waals surface area contributed by atoms with Crippen LogP contribution in [0.2, 0.25) is 0 Å². The van der Waals surface area contributed by atoms with Crippen molar-refractivity contribution in [3.63, 3.8) is 0 Å². The number of hydrogen-bond acceptors (Lipinski definition) is 5. The molecular formula is C15H21N3O4. The van der Waals surface area contributed by atoms with Gasteiger partial charge in [-0.1, -0.05) is 13.8 Å². The molecule has 120 valence electrons. The van der Waals surface area contributed by atoms with Crippen molar-refractivity contribution in [2.24, 2.45) is 5.92 Å².